The second-order valence-corrected chi connectivity index (χ2v) is 4.43. The zero-order valence-corrected chi connectivity index (χ0v) is 12.0. The van der Waals surface area contributed by atoms with Gasteiger partial charge in [-0.1, -0.05) is 6.07 Å². The number of nitrogens with one attached hydrogen (secondary N) is 1. The molecule has 2 heterocycles. The van der Waals surface area contributed by atoms with E-state index in [1.165, 1.54) is 0 Å². The first-order chi connectivity index (χ1) is 9.72. The van der Waals surface area contributed by atoms with E-state index in [0.717, 1.165) is 23.7 Å². The standard InChI is InChI=1S/C14H19N5O/c1-15-12-7-14(18-13(17-12)10-20-3)19(2)9-11-5-4-6-16-8-11/h4-8H,9-10H2,1-3H3,(H,15,17,18). The Morgan fingerprint density at radius 3 is 2.85 bits per heavy atom. The molecule has 0 atom stereocenters. The zero-order chi connectivity index (χ0) is 14.4. The Morgan fingerprint density at radius 2 is 2.20 bits per heavy atom. The SMILES string of the molecule is CNc1cc(N(C)Cc2cccnc2)nc(COC)n1. The van der Waals surface area contributed by atoms with Crippen molar-refractivity contribution in [3.63, 3.8) is 0 Å². The van der Waals surface area contributed by atoms with Gasteiger partial charge in [0.25, 0.3) is 0 Å². The molecule has 2 aromatic rings. The monoisotopic (exact) mass is 273 g/mol. The highest BCUT2D eigenvalue weighted by Gasteiger charge is 2.08. The molecule has 0 aliphatic rings. The highest BCUT2D eigenvalue weighted by atomic mass is 16.5. The molecule has 2 rings (SSSR count). The number of methoxy groups -OCH3 is 1. The van der Waals surface area contributed by atoms with Gasteiger partial charge in [0.1, 0.15) is 18.2 Å². The van der Waals surface area contributed by atoms with Crippen LogP contribution in [0, 0.1) is 0 Å². The second kappa shape index (κ2) is 6.81. The summed E-state index contributed by atoms with van der Waals surface area (Å²) in [5.41, 5.74) is 1.13. The van der Waals surface area contributed by atoms with Crippen LogP contribution in [0.4, 0.5) is 11.6 Å². The number of rotatable bonds is 6. The van der Waals surface area contributed by atoms with Crippen molar-refractivity contribution in [3.05, 3.63) is 42.0 Å². The topological polar surface area (TPSA) is 63.2 Å². The van der Waals surface area contributed by atoms with Crippen molar-refractivity contribution in [2.45, 2.75) is 13.2 Å². The Morgan fingerprint density at radius 1 is 1.35 bits per heavy atom. The second-order valence-electron chi connectivity index (χ2n) is 4.43. The number of anilines is 2. The first-order valence-corrected chi connectivity index (χ1v) is 6.37. The maximum atomic E-state index is 5.10. The molecule has 106 valence electrons. The average molecular weight is 273 g/mol. The predicted molar refractivity (Wildman–Crippen MR) is 78.6 cm³/mol. The van der Waals surface area contributed by atoms with Crippen molar-refractivity contribution < 1.29 is 4.74 Å². The van der Waals surface area contributed by atoms with Crippen LogP contribution in [0.1, 0.15) is 11.4 Å². The molecular formula is C14H19N5O. The molecule has 0 aliphatic heterocycles. The fraction of sp³-hybridized carbons (Fsp3) is 0.357. The van der Waals surface area contributed by atoms with Gasteiger partial charge in [0.2, 0.25) is 0 Å². The summed E-state index contributed by atoms with van der Waals surface area (Å²) >= 11 is 0. The molecule has 0 bridgehead atoms. The van der Waals surface area contributed by atoms with Crippen molar-refractivity contribution in [2.75, 3.05) is 31.4 Å². The van der Waals surface area contributed by atoms with E-state index < -0.39 is 0 Å². The van der Waals surface area contributed by atoms with E-state index in [4.69, 9.17) is 4.74 Å². The summed E-state index contributed by atoms with van der Waals surface area (Å²) < 4.78 is 5.10. The van der Waals surface area contributed by atoms with E-state index in [1.807, 2.05) is 38.5 Å². The summed E-state index contributed by atoms with van der Waals surface area (Å²) in [4.78, 5) is 15.0. The summed E-state index contributed by atoms with van der Waals surface area (Å²) in [6, 6.07) is 5.88. The van der Waals surface area contributed by atoms with Crippen molar-refractivity contribution >= 4 is 11.6 Å². The van der Waals surface area contributed by atoms with Crippen LogP contribution < -0.4 is 10.2 Å². The van der Waals surface area contributed by atoms with E-state index in [2.05, 4.69) is 25.2 Å². The first-order valence-electron chi connectivity index (χ1n) is 6.37. The van der Waals surface area contributed by atoms with E-state index in [1.54, 1.807) is 13.3 Å². The van der Waals surface area contributed by atoms with Gasteiger partial charge in [-0.3, -0.25) is 4.98 Å². The fourth-order valence-corrected chi connectivity index (χ4v) is 1.85. The van der Waals surface area contributed by atoms with Gasteiger partial charge in [0, 0.05) is 46.2 Å². The van der Waals surface area contributed by atoms with Gasteiger partial charge in [0.15, 0.2) is 5.82 Å². The summed E-state index contributed by atoms with van der Waals surface area (Å²) in [6.45, 7) is 1.13. The van der Waals surface area contributed by atoms with E-state index in [0.29, 0.717) is 12.4 Å². The molecule has 0 saturated heterocycles. The van der Waals surface area contributed by atoms with Crippen LogP contribution in [-0.4, -0.2) is 36.2 Å². The third-order valence-electron chi connectivity index (χ3n) is 2.82. The molecule has 0 saturated carbocycles. The van der Waals surface area contributed by atoms with Gasteiger partial charge in [-0.05, 0) is 11.6 Å². The Labute approximate surface area is 118 Å². The Hall–Kier alpha value is -2.21. The molecule has 0 spiro atoms. The van der Waals surface area contributed by atoms with Crippen LogP contribution in [0.3, 0.4) is 0 Å². The summed E-state index contributed by atoms with van der Waals surface area (Å²) in [6.07, 6.45) is 3.62. The summed E-state index contributed by atoms with van der Waals surface area (Å²) in [5.74, 6) is 2.28. The molecule has 0 aliphatic carbocycles. The van der Waals surface area contributed by atoms with Crippen molar-refractivity contribution in [1.29, 1.82) is 0 Å². The lowest BCUT2D eigenvalue weighted by Crippen LogP contribution is -2.19. The number of pyridine rings is 1. The maximum Gasteiger partial charge on any atom is 0.158 e. The van der Waals surface area contributed by atoms with Crippen LogP contribution in [0.25, 0.3) is 0 Å². The molecule has 20 heavy (non-hydrogen) atoms. The molecule has 0 unspecified atom stereocenters. The molecule has 1 N–H and O–H groups in total. The van der Waals surface area contributed by atoms with E-state index >= 15 is 0 Å². The van der Waals surface area contributed by atoms with Crippen molar-refractivity contribution in [2.24, 2.45) is 0 Å². The number of aromatic nitrogens is 3. The predicted octanol–water partition coefficient (Wildman–Crippen LogP) is 1.70. The number of hydrogen-bond donors (Lipinski definition) is 1. The van der Waals surface area contributed by atoms with Gasteiger partial charge >= 0.3 is 0 Å². The van der Waals surface area contributed by atoms with E-state index in [9.17, 15) is 0 Å². The van der Waals surface area contributed by atoms with Crippen LogP contribution in [0.2, 0.25) is 0 Å². The number of ether oxygens (including phenoxy) is 1. The third-order valence-corrected chi connectivity index (χ3v) is 2.82. The first kappa shape index (κ1) is 14.2. The normalized spacial score (nSPS) is 10.3. The van der Waals surface area contributed by atoms with Gasteiger partial charge in [-0.2, -0.15) is 0 Å². The molecule has 0 radical (unpaired) electrons. The maximum absolute atomic E-state index is 5.10. The van der Waals surface area contributed by atoms with Gasteiger partial charge in [-0.15, -0.1) is 0 Å². The fourth-order valence-electron chi connectivity index (χ4n) is 1.85. The van der Waals surface area contributed by atoms with Crippen LogP contribution in [-0.2, 0) is 17.9 Å². The molecule has 0 amide bonds. The quantitative estimate of drug-likeness (QED) is 0.864. The minimum absolute atomic E-state index is 0.392. The molecule has 0 aromatic carbocycles. The lowest BCUT2D eigenvalue weighted by molar-refractivity contribution is 0.178. The van der Waals surface area contributed by atoms with Gasteiger partial charge < -0.3 is 15.0 Å². The van der Waals surface area contributed by atoms with Crippen molar-refractivity contribution in [1.82, 2.24) is 15.0 Å². The lowest BCUT2D eigenvalue weighted by atomic mass is 10.2. The summed E-state index contributed by atoms with van der Waals surface area (Å²) in [5, 5.41) is 3.04. The van der Waals surface area contributed by atoms with Crippen LogP contribution >= 0.6 is 0 Å². The Kier molecular flexibility index (Phi) is 4.84. The molecule has 0 fully saturated rings. The smallest absolute Gasteiger partial charge is 0.158 e. The minimum Gasteiger partial charge on any atom is -0.377 e. The third kappa shape index (κ3) is 3.64. The highest BCUT2D eigenvalue weighted by molar-refractivity contribution is 5.49. The van der Waals surface area contributed by atoms with Gasteiger partial charge in [0.05, 0.1) is 0 Å². The lowest BCUT2D eigenvalue weighted by Gasteiger charge is -2.19. The van der Waals surface area contributed by atoms with Crippen molar-refractivity contribution in [3.8, 4) is 0 Å². The molecule has 6 heteroatoms. The number of nitrogens with zero attached hydrogens (tertiary/aromatic N) is 4. The molecule has 6 nitrogen and oxygen atoms in total. The average Bonchev–Trinajstić information content (AvgIpc) is 2.48. The van der Waals surface area contributed by atoms with Crippen LogP contribution in [0.15, 0.2) is 30.6 Å². The van der Waals surface area contributed by atoms with E-state index in [-0.39, 0.29) is 0 Å². The Balaban J connectivity index is 2.19. The summed E-state index contributed by atoms with van der Waals surface area (Å²) in [7, 11) is 5.46. The molecule has 2 aromatic heterocycles. The van der Waals surface area contributed by atoms with Crippen LogP contribution in [0.5, 0.6) is 0 Å². The molecular weight excluding hydrogens is 254 g/mol. The minimum atomic E-state index is 0.392. The largest absolute Gasteiger partial charge is 0.377 e. The Bertz CT molecular complexity index is 547. The number of hydrogen-bond acceptors (Lipinski definition) is 6. The highest BCUT2D eigenvalue weighted by Crippen LogP contribution is 2.17. The van der Waals surface area contributed by atoms with Gasteiger partial charge in [-0.25, -0.2) is 9.97 Å². The zero-order valence-electron chi connectivity index (χ0n) is 12.0.